The number of carbonyl (C=O) groups excluding carboxylic acids is 1. The predicted octanol–water partition coefficient (Wildman–Crippen LogP) is 5.60. The highest BCUT2D eigenvalue weighted by atomic mass is 32.2. The van der Waals surface area contributed by atoms with Crippen molar-refractivity contribution >= 4 is 21.6 Å². The van der Waals surface area contributed by atoms with Crippen LogP contribution >= 0.6 is 0 Å². The van der Waals surface area contributed by atoms with Crippen LogP contribution in [-0.2, 0) is 21.8 Å². The fraction of sp³-hybridized carbons (Fsp3) is 0.414. The van der Waals surface area contributed by atoms with Crippen LogP contribution in [0.5, 0.6) is 0 Å². The monoisotopic (exact) mass is 518 g/mol. The van der Waals surface area contributed by atoms with Crippen molar-refractivity contribution in [3.63, 3.8) is 0 Å². The van der Waals surface area contributed by atoms with Crippen molar-refractivity contribution in [2.45, 2.75) is 68.7 Å². The molecule has 194 valence electrons. The predicted molar refractivity (Wildman–Crippen MR) is 145 cm³/mol. The van der Waals surface area contributed by atoms with E-state index in [4.69, 9.17) is 0 Å². The molecule has 0 radical (unpaired) electrons. The molecule has 8 heteroatoms. The number of amides is 2. The molecule has 1 aromatic heterocycles. The van der Waals surface area contributed by atoms with Gasteiger partial charge in [0.25, 0.3) is 0 Å². The van der Waals surface area contributed by atoms with Crippen LogP contribution in [0.25, 0.3) is 11.1 Å². The molecule has 0 bridgehead atoms. The molecule has 5 rings (SSSR count). The van der Waals surface area contributed by atoms with E-state index in [1.165, 1.54) is 24.7 Å². The average Bonchev–Trinajstić information content (AvgIpc) is 3.51. The standard InChI is InChI=1S/C29H34N4O3S/c1-4-20(2)27-24(17-30-19-32-27)22-9-12-26-25(15-22)29(13-5-6-14-29)18-33(26)28(34)31-16-21-7-10-23(11-8-21)37(3,35)36/h7-12,15,17,19-20H,4-6,13-14,16,18H2,1-3H3,(H,31,34). The lowest BCUT2D eigenvalue weighted by Gasteiger charge is -2.25. The van der Waals surface area contributed by atoms with E-state index in [1.807, 2.05) is 11.1 Å². The summed E-state index contributed by atoms with van der Waals surface area (Å²) in [5.74, 6) is 0.334. The Morgan fingerprint density at radius 3 is 2.54 bits per heavy atom. The molecule has 2 amide bonds. The number of nitrogens with zero attached hydrogens (tertiary/aromatic N) is 3. The summed E-state index contributed by atoms with van der Waals surface area (Å²) in [5, 5.41) is 3.04. The number of urea groups is 1. The number of hydrogen-bond acceptors (Lipinski definition) is 5. The maximum atomic E-state index is 13.4. The van der Waals surface area contributed by atoms with E-state index in [0.717, 1.165) is 47.3 Å². The lowest BCUT2D eigenvalue weighted by Crippen LogP contribution is -2.41. The molecule has 2 aromatic carbocycles. The smallest absolute Gasteiger partial charge is 0.322 e. The van der Waals surface area contributed by atoms with Gasteiger partial charge in [-0.3, -0.25) is 4.90 Å². The van der Waals surface area contributed by atoms with Gasteiger partial charge < -0.3 is 5.32 Å². The molecule has 1 spiro atoms. The Kier molecular flexibility index (Phi) is 6.79. The second-order valence-electron chi connectivity index (χ2n) is 10.5. The Hall–Kier alpha value is -3.26. The van der Waals surface area contributed by atoms with Gasteiger partial charge in [0.15, 0.2) is 9.84 Å². The van der Waals surface area contributed by atoms with Crippen LogP contribution in [0.1, 0.15) is 68.7 Å². The Balaban J connectivity index is 1.42. The van der Waals surface area contributed by atoms with Gasteiger partial charge in [-0.1, -0.05) is 44.9 Å². The minimum Gasteiger partial charge on any atom is -0.334 e. The third kappa shape index (κ3) is 4.87. The number of nitrogens with one attached hydrogen (secondary N) is 1. The van der Waals surface area contributed by atoms with E-state index in [-0.39, 0.29) is 16.3 Å². The summed E-state index contributed by atoms with van der Waals surface area (Å²) in [7, 11) is -3.25. The zero-order valence-corrected chi connectivity index (χ0v) is 22.5. The van der Waals surface area contributed by atoms with Crippen LogP contribution in [0.15, 0.2) is 59.9 Å². The van der Waals surface area contributed by atoms with E-state index in [9.17, 15) is 13.2 Å². The van der Waals surface area contributed by atoms with E-state index in [2.05, 4.69) is 47.3 Å². The lowest BCUT2D eigenvalue weighted by molar-refractivity contribution is 0.245. The Labute approximate surface area is 219 Å². The van der Waals surface area contributed by atoms with Crippen LogP contribution < -0.4 is 10.2 Å². The van der Waals surface area contributed by atoms with Crippen molar-refractivity contribution in [1.29, 1.82) is 0 Å². The fourth-order valence-corrected chi connectivity index (χ4v) is 6.40. The number of benzene rings is 2. The number of anilines is 1. The van der Waals surface area contributed by atoms with Gasteiger partial charge in [-0.05, 0) is 66.1 Å². The van der Waals surface area contributed by atoms with Crippen LogP contribution in [0.4, 0.5) is 10.5 Å². The van der Waals surface area contributed by atoms with Crippen LogP contribution in [0, 0.1) is 0 Å². The third-order valence-corrected chi connectivity index (χ3v) is 9.18. The molecule has 2 aliphatic rings. The summed E-state index contributed by atoms with van der Waals surface area (Å²) in [5.41, 5.74) is 6.28. The minimum atomic E-state index is -3.25. The number of sulfone groups is 1. The molecule has 1 saturated carbocycles. The van der Waals surface area contributed by atoms with Gasteiger partial charge in [0.05, 0.1) is 10.6 Å². The first kappa shape index (κ1) is 25.4. The summed E-state index contributed by atoms with van der Waals surface area (Å²) >= 11 is 0. The van der Waals surface area contributed by atoms with Crippen molar-refractivity contribution in [3.8, 4) is 11.1 Å². The topological polar surface area (TPSA) is 92.3 Å². The van der Waals surface area contributed by atoms with E-state index in [0.29, 0.717) is 19.0 Å². The first-order valence-corrected chi connectivity index (χ1v) is 14.9. The molecular weight excluding hydrogens is 484 g/mol. The third-order valence-electron chi connectivity index (χ3n) is 8.05. The van der Waals surface area contributed by atoms with Gasteiger partial charge >= 0.3 is 6.03 Å². The molecule has 2 heterocycles. The molecule has 1 aliphatic heterocycles. The Morgan fingerprint density at radius 2 is 1.86 bits per heavy atom. The molecule has 1 atom stereocenters. The number of carbonyl (C=O) groups is 1. The largest absolute Gasteiger partial charge is 0.334 e. The van der Waals surface area contributed by atoms with Gasteiger partial charge in [-0.15, -0.1) is 0 Å². The van der Waals surface area contributed by atoms with Crippen molar-refractivity contribution in [3.05, 3.63) is 71.8 Å². The highest BCUT2D eigenvalue weighted by Crippen LogP contribution is 2.51. The zero-order chi connectivity index (χ0) is 26.2. The maximum absolute atomic E-state index is 13.4. The summed E-state index contributed by atoms with van der Waals surface area (Å²) in [6.07, 6.45) is 10.2. The van der Waals surface area contributed by atoms with E-state index in [1.54, 1.807) is 30.6 Å². The highest BCUT2D eigenvalue weighted by Gasteiger charge is 2.46. The number of aromatic nitrogens is 2. The van der Waals surface area contributed by atoms with Crippen molar-refractivity contribution < 1.29 is 13.2 Å². The van der Waals surface area contributed by atoms with Crippen molar-refractivity contribution in [2.24, 2.45) is 0 Å². The zero-order valence-electron chi connectivity index (χ0n) is 21.7. The van der Waals surface area contributed by atoms with Gasteiger partial charge in [0.2, 0.25) is 0 Å². The van der Waals surface area contributed by atoms with Gasteiger partial charge in [-0.2, -0.15) is 0 Å². The molecule has 37 heavy (non-hydrogen) atoms. The van der Waals surface area contributed by atoms with Crippen LogP contribution in [-0.4, -0.2) is 37.2 Å². The first-order valence-electron chi connectivity index (χ1n) is 13.0. The lowest BCUT2D eigenvalue weighted by atomic mass is 9.79. The minimum absolute atomic E-state index is 0.0218. The van der Waals surface area contributed by atoms with Gasteiger partial charge in [0, 0.05) is 42.2 Å². The quantitative estimate of drug-likeness (QED) is 0.458. The highest BCUT2D eigenvalue weighted by molar-refractivity contribution is 7.90. The maximum Gasteiger partial charge on any atom is 0.322 e. The normalized spacial score (nSPS) is 17.1. The van der Waals surface area contributed by atoms with Crippen molar-refractivity contribution in [2.75, 3.05) is 17.7 Å². The SMILES string of the molecule is CCC(C)c1ncncc1-c1ccc2c(c1)C1(CCCC1)CN2C(=O)NCc1ccc(S(C)(=O)=O)cc1. The second-order valence-corrected chi connectivity index (χ2v) is 12.5. The van der Waals surface area contributed by atoms with Gasteiger partial charge in [0.1, 0.15) is 6.33 Å². The van der Waals surface area contributed by atoms with Crippen molar-refractivity contribution in [1.82, 2.24) is 15.3 Å². The molecule has 7 nitrogen and oxygen atoms in total. The number of hydrogen-bond donors (Lipinski definition) is 1. The Morgan fingerprint density at radius 1 is 1.14 bits per heavy atom. The molecule has 0 saturated heterocycles. The summed E-state index contributed by atoms with van der Waals surface area (Å²) < 4.78 is 23.4. The summed E-state index contributed by atoms with van der Waals surface area (Å²) in [6.45, 7) is 5.37. The average molecular weight is 519 g/mol. The molecule has 3 aromatic rings. The molecule has 1 fully saturated rings. The summed E-state index contributed by atoms with van der Waals surface area (Å²) in [4.78, 5) is 24.5. The molecular formula is C29H34N4O3S. The molecule has 1 aliphatic carbocycles. The molecule has 1 N–H and O–H groups in total. The van der Waals surface area contributed by atoms with Crippen LogP contribution in [0.3, 0.4) is 0 Å². The van der Waals surface area contributed by atoms with Crippen LogP contribution in [0.2, 0.25) is 0 Å². The second kappa shape index (κ2) is 9.89. The van der Waals surface area contributed by atoms with E-state index >= 15 is 0 Å². The Bertz CT molecular complexity index is 1410. The molecule has 1 unspecified atom stereocenters. The van der Waals surface area contributed by atoms with Gasteiger partial charge in [-0.25, -0.2) is 23.2 Å². The van der Waals surface area contributed by atoms with E-state index < -0.39 is 9.84 Å². The first-order chi connectivity index (χ1) is 17.7. The fourth-order valence-electron chi connectivity index (χ4n) is 5.77. The number of fused-ring (bicyclic) bond motifs is 2. The number of rotatable bonds is 6. The summed E-state index contributed by atoms with van der Waals surface area (Å²) in [6, 6.07) is 12.9.